The molecule has 3 N–H and O–H groups in total. The molecule has 0 aliphatic rings. The molecule has 3 rings (SSSR count). The number of nitrogens with two attached hydrogens (primary N) is 1. The summed E-state index contributed by atoms with van der Waals surface area (Å²) in [4.78, 5) is 12.7. The molecule has 0 aromatic heterocycles. The largest absolute Gasteiger partial charge is 0.416 e. The fraction of sp³-hybridized carbons (Fsp3) is 0.240. The van der Waals surface area contributed by atoms with Crippen LogP contribution < -0.4 is 5.73 Å². The third kappa shape index (κ3) is 4.48. The molecule has 3 aromatic carbocycles. The minimum Gasteiger partial charge on any atom is -0.379 e. The molecular formula is C25H22F5NO2. The molecule has 3 aromatic rings. The number of amides is 1. The van der Waals surface area contributed by atoms with Crippen LogP contribution in [0.4, 0.5) is 22.0 Å². The van der Waals surface area contributed by atoms with Crippen LogP contribution >= 0.6 is 0 Å². The zero-order valence-electron chi connectivity index (χ0n) is 17.7. The van der Waals surface area contributed by atoms with E-state index in [0.29, 0.717) is 17.7 Å². The van der Waals surface area contributed by atoms with Crippen molar-refractivity contribution in [3.8, 4) is 0 Å². The van der Waals surface area contributed by atoms with E-state index in [1.807, 2.05) is 0 Å². The van der Waals surface area contributed by atoms with Gasteiger partial charge in [-0.2, -0.15) is 13.2 Å². The first-order chi connectivity index (χ1) is 15.4. The number of aliphatic hydroxyl groups is 1. The van der Waals surface area contributed by atoms with E-state index in [4.69, 9.17) is 5.73 Å². The van der Waals surface area contributed by atoms with Crippen LogP contribution in [0, 0.1) is 11.6 Å². The van der Waals surface area contributed by atoms with Gasteiger partial charge >= 0.3 is 6.18 Å². The number of rotatable bonds is 7. The van der Waals surface area contributed by atoms with Crippen LogP contribution in [-0.2, 0) is 22.8 Å². The molecule has 33 heavy (non-hydrogen) atoms. The fourth-order valence-electron chi connectivity index (χ4n) is 4.32. The van der Waals surface area contributed by atoms with E-state index in [-0.39, 0.29) is 24.0 Å². The molecule has 2 atom stereocenters. The molecular weight excluding hydrogens is 441 g/mol. The Labute approximate surface area is 187 Å². The summed E-state index contributed by atoms with van der Waals surface area (Å²) in [6, 6.07) is 14.8. The molecule has 0 aliphatic heterocycles. The summed E-state index contributed by atoms with van der Waals surface area (Å²) in [5.74, 6) is -3.05. The highest BCUT2D eigenvalue weighted by Crippen LogP contribution is 2.48. The Kier molecular flexibility index (Phi) is 6.61. The first-order valence-electron chi connectivity index (χ1n) is 10.1. The van der Waals surface area contributed by atoms with Gasteiger partial charge in [0.05, 0.1) is 11.0 Å². The molecule has 174 valence electrons. The zero-order chi connectivity index (χ0) is 24.4. The van der Waals surface area contributed by atoms with Crippen molar-refractivity contribution in [1.82, 2.24) is 0 Å². The second kappa shape index (κ2) is 8.94. The Bertz CT molecular complexity index is 1130. The van der Waals surface area contributed by atoms with Gasteiger partial charge in [-0.3, -0.25) is 4.79 Å². The summed E-state index contributed by atoms with van der Waals surface area (Å²) in [6.45, 7) is 1.44. The first kappa shape index (κ1) is 24.4. The third-order valence-electron chi connectivity index (χ3n) is 5.99. The van der Waals surface area contributed by atoms with Crippen LogP contribution in [0.25, 0.3) is 0 Å². The molecule has 0 bridgehead atoms. The van der Waals surface area contributed by atoms with Crippen LogP contribution in [0.15, 0.2) is 72.8 Å². The number of carbonyl (C=O) groups is 1. The summed E-state index contributed by atoms with van der Waals surface area (Å²) in [6.07, 6.45) is -5.41. The van der Waals surface area contributed by atoms with Crippen molar-refractivity contribution in [3.05, 3.63) is 107 Å². The summed E-state index contributed by atoms with van der Waals surface area (Å²) in [5, 5.41) is 11.7. The van der Waals surface area contributed by atoms with Crippen LogP contribution in [0.3, 0.4) is 0 Å². The highest BCUT2D eigenvalue weighted by Gasteiger charge is 2.56. The highest BCUT2D eigenvalue weighted by atomic mass is 19.4. The molecule has 0 aliphatic carbocycles. The maximum absolute atomic E-state index is 14.5. The lowest BCUT2D eigenvalue weighted by atomic mass is 9.58. The zero-order valence-corrected chi connectivity index (χ0v) is 17.7. The number of benzene rings is 3. The molecule has 1 unspecified atom stereocenters. The maximum Gasteiger partial charge on any atom is 0.416 e. The summed E-state index contributed by atoms with van der Waals surface area (Å²) in [7, 11) is 0. The number of halogens is 5. The van der Waals surface area contributed by atoms with Crippen molar-refractivity contribution in [2.75, 3.05) is 0 Å². The number of carbonyl (C=O) groups excluding carboxylic acids is 1. The number of primary amides is 1. The highest BCUT2D eigenvalue weighted by molar-refractivity contribution is 5.87. The van der Waals surface area contributed by atoms with E-state index in [0.717, 1.165) is 18.2 Å². The van der Waals surface area contributed by atoms with E-state index in [1.54, 1.807) is 30.3 Å². The second-order valence-electron chi connectivity index (χ2n) is 7.88. The lowest BCUT2D eigenvalue weighted by Crippen LogP contribution is -2.61. The molecule has 0 saturated carbocycles. The maximum atomic E-state index is 14.5. The Morgan fingerprint density at radius 3 is 1.94 bits per heavy atom. The van der Waals surface area contributed by atoms with E-state index in [2.05, 4.69) is 0 Å². The van der Waals surface area contributed by atoms with Gasteiger partial charge in [0, 0.05) is 0 Å². The summed E-state index contributed by atoms with van der Waals surface area (Å²) < 4.78 is 69.1. The molecule has 0 saturated heterocycles. The number of hydrogen-bond acceptors (Lipinski definition) is 2. The lowest BCUT2D eigenvalue weighted by Gasteiger charge is -2.46. The summed E-state index contributed by atoms with van der Waals surface area (Å²) >= 11 is 0. The predicted molar refractivity (Wildman–Crippen MR) is 113 cm³/mol. The van der Waals surface area contributed by atoms with Crippen molar-refractivity contribution in [1.29, 1.82) is 0 Å². The fourth-order valence-corrected chi connectivity index (χ4v) is 4.32. The minimum atomic E-state index is -4.89. The van der Waals surface area contributed by atoms with Gasteiger partial charge in [0.15, 0.2) is 5.60 Å². The Balaban J connectivity index is 2.48. The van der Waals surface area contributed by atoms with Gasteiger partial charge in [-0.1, -0.05) is 49.4 Å². The molecule has 8 heteroatoms. The van der Waals surface area contributed by atoms with E-state index in [1.165, 1.54) is 19.1 Å². The second-order valence-corrected chi connectivity index (χ2v) is 7.88. The lowest BCUT2D eigenvalue weighted by molar-refractivity contribution is -0.143. The van der Waals surface area contributed by atoms with E-state index < -0.39 is 40.3 Å². The van der Waals surface area contributed by atoms with Crippen molar-refractivity contribution >= 4 is 5.91 Å². The smallest absolute Gasteiger partial charge is 0.379 e. The normalized spacial score (nSPS) is 15.5. The van der Waals surface area contributed by atoms with Gasteiger partial charge in [-0.05, 0) is 59.9 Å². The quantitative estimate of drug-likeness (QED) is 0.477. The molecule has 0 heterocycles. The van der Waals surface area contributed by atoms with Gasteiger partial charge < -0.3 is 10.8 Å². The summed E-state index contributed by atoms with van der Waals surface area (Å²) in [5.41, 5.74) is 0.232. The van der Waals surface area contributed by atoms with Gasteiger partial charge in [-0.15, -0.1) is 0 Å². The topological polar surface area (TPSA) is 63.3 Å². The van der Waals surface area contributed by atoms with E-state index in [9.17, 15) is 31.9 Å². The Hall–Kier alpha value is -3.26. The Morgan fingerprint density at radius 2 is 1.42 bits per heavy atom. The average Bonchev–Trinajstić information content (AvgIpc) is 2.77. The van der Waals surface area contributed by atoms with Crippen molar-refractivity contribution in [2.45, 2.75) is 37.0 Å². The molecule has 0 radical (unpaired) electrons. The minimum absolute atomic E-state index is 0.106. The van der Waals surface area contributed by atoms with Crippen LogP contribution in [0.5, 0.6) is 0 Å². The SMILES string of the molecule is CCC(O)(C(N)=O)[C@](Cc1ccccc1)(c1ccc(F)cc1)c1cc(F)cc(C(F)(F)F)c1. The van der Waals surface area contributed by atoms with Gasteiger partial charge in [0.2, 0.25) is 0 Å². The van der Waals surface area contributed by atoms with Gasteiger partial charge in [0.1, 0.15) is 11.6 Å². The number of alkyl halides is 3. The van der Waals surface area contributed by atoms with Crippen LogP contribution in [-0.4, -0.2) is 16.6 Å². The van der Waals surface area contributed by atoms with Crippen molar-refractivity contribution in [3.63, 3.8) is 0 Å². The molecule has 0 spiro atoms. The Morgan fingerprint density at radius 1 is 0.848 bits per heavy atom. The van der Waals surface area contributed by atoms with Crippen molar-refractivity contribution in [2.24, 2.45) is 5.73 Å². The van der Waals surface area contributed by atoms with Crippen molar-refractivity contribution < 1.29 is 31.9 Å². The van der Waals surface area contributed by atoms with Gasteiger partial charge in [0.25, 0.3) is 5.91 Å². The van der Waals surface area contributed by atoms with E-state index >= 15 is 0 Å². The molecule has 1 amide bonds. The van der Waals surface area contributed by atoms with Crippen LogP contribution in [0.1, 0.15) is 35.6 Å². The average molecular weight is 463 g/mol. The predicted octanol–water partition coefficient (Wildman–Crippen LogP) is 5.14. The standard InChI is InChI=1S/C25H22F5NO2/c1-2-24(33,22(31)32)23(15-16-6-4-3-5-7-16,17-8-10-20(26)11-9-17)18-12-19(25(28,29)30)14-21(27)13-18/h3-14,33H,2,15H2,1H3,(H2,31,32)/t23-,24?/m1/s1. The van der Waals surface area contributed by atoms with Gasteiger partial charge in [-0.25, -0.2) is 8.78 Å². The first-order valence-corrected chi connectivity index (χ1v) is 10.1. The number of hydrogen-bond donors (Lipinski definition) is 2. The molecule has 3 nitrogen and oxygen atoms in total. The molecule has 0 fully saturated rings. The van der Waals surface area contributed by atoms with Crippen LogP contribution in [0.2, 0.25) is 0 Å². The monoisotopic (exact) mass is 463 g/mol. The third-order valence-corrected chi connectivity index (χ3v) is 5.99.